The van der Waals surface area contributed by atoms with E-state index in [-0.39, 0.29) is 11.8 Å². The lowest BCUT2D eigenvalue weighted by molar-refractivity contribution is -0.133. The van der Waals surface area contributed by atoms with Crippen LogP contribution in [-0.2, 0) is 4.79 Å². The molecule has 7 nitrogen and oxygen atoms in total. The second-order valence-electron chi connectivity index (χ2n) is 4.12. The van der Waals surface area contributed by atoms with Crippen molar-refractivity contribution >= 4 is 17.7 Å². The molecule has 8 heteroatoms. The predicted octanol–water partition coefficient (Wildman–Crippen LogP) is 0.116. The van der Waals surface area contributed by atoms with Crippen LogP contribution in [0, 0.1) is 0 Å². The molecule has 1 aliphatic heterocycles. The number of aliphatic carboxylic acids is 1. The Kier molecular flexibility index (Phi) is 3.95. The van der Waals surface area contributed by atoms with Crippen LogP contribution in [0.15, 0.2) is 5.16 Å². The lowest BCUT2D eigenvalue weighted by atomic mass is 10.1. The van der Waals surface area contributed by atoms with Gasteiger partial charge in [-0.25, -0.2) is 4.68 Å². The monoisotopic (exact) mass is 257 g/mol. The van der Waals surface area contributed by atoms with Gasteiger partial charge < -0.3 is 10.0 Å². The quantitative estimate of drug-likeness (QED) is 0.767. The van der Waals surface area contributed by atoms with E-state index in [0.29, 0.717) is 5.16 Å². The molecular weight excluding hydrogens is 242 g/mol. The minimum Gasteiger partial charge on any atom is -0.481 e. The Labute approximate surface area is 103 Å². The van der Waals surface area contributed by atoms with Crippen LogP contribution < -0.4 is 0 Å². The van der Waals surface area contributed by atoms with E-state index in [0.717, 1.165) is 25.9 Å². The Balaban J connectivity index is 2.00. The number of aromatic nitrogens is 4. The summed E-state index contributed by atoms with van der Waals surface area (Å²) in [4.78, 5) is 12.8. The SMILES string of the molecule is CN1CCC(n2nnnc2SCC(=O)O)CC1. The summed E-state index contributed by atoms with van der Waals surface area (Å²) in [7, 11) is 2.09. The lowest BCUT2D eigenvalue weighted by Gasteiger charge is -2.28. The molecule has 1 fully saturated rings. The van der Waals surface area contributed by atoms with Gasteiger partial charge in [0, 0.05) is 0 Å². The molecule has 0 saturated carbocycles. The molecule has 1 N–H and O–H groups in total. The van der Waals surface area contributed by atoms with Gasteiger partial charge in [0.15, 0.2) is 0 Å². The van der Waals surface area contributed by atoms with Crippen LogP contribution in [0.3, 0.4) is 0 Å². The van der Waals surface area contributed by atoms with Crippen molar-refractivity contribution in [3.05, 3.63) is 0 Å². The number of tetrazole rings is 1. The number of carboxylic acids is 1. The summed E-state index contributed by atoms with van der Waals surface area (Å²) in [5, 5.41) is 20.7. The zero-order valence-electron chi connectivity index (χ0n) is 9.61. The number of piperidine rings is 1. The topological polar surface area (TPSA) is 84.1 Å². The van der Waals surface area contributed by atoms with Crippen molar-refractivity contribution < 1.29 is 9.90 Å². The van der Waals surface area contributed by atoms with Crippen molar-refractivity contribution in [3.63, 3.8) is 0 Å². The first-order valence-electron chi connectivity index (χ1n) is 5.48. The van der Waals surface area contributed by atoms with Crippen molar-refractivity contribution in [2.24, 2.45) is 0 Å². The van der Waals surface area contributed by atoms with Crippen LogP contribution in [-0.4, -0.2) is 62.1 Å². The van der Waals surface area contributed by atoms with Gasteiger partial charge in [0.05, 0.1) is 11.8 Å². The van der Waals surface area contributed by atoms with E-state index < -0.39 is 5.97 Å². The van der Waals surface area contributed by atoms with Crippen LogP contribution in [0.4, 0.5) is 0 Å². The average Bonchev–Trinajstić information content (AvgIpc) is 2.75. The first-order valence-corrected chi connectivity index (χ1v) is 6.46. The van der Waals surface area contributed by atoms with Gasteiger partial charge in [0.2, 0.25) is 5.16 Å². The molecule has 1 aliphatic rings. The van der Waals surface area contributed by atoms with E-state index in [2.05, 4.69) is 27.5 Å². The molecule has 0 atom stereocenters. The van der Waals surface area contributed by atoms with Crippen LogP contribution >= 0.6 is 11.8 Å². The molecule has 0 spiro atoms. The fourth-order valence-corrected chi connectivity index (χ4v) is 2.54. The van der Waals surface area contributed by atoms with E-state index >= 15 is 0 Å². The van der Waals surface area contributed by atoms with Crippen molar-refractivity contribution in [1.82, 2.24) is 25.1 Å². The van der Waals surface area contributed by atoms with Crippen molar-refractivity contribution in [3.8, 4) is 0 Å². The number of thioether (sulfide) groups is 1. The molecule has 0 amide bonds. The standard InChI is InChI=1S/C9H15N5O2S/c1-13-4-2-7(3-5-13)14-9(10-11-12-14)17-6-8(15)16/h7H,2-6H2,1H3,(H,15,16). The Hall–Kier alpha value is -1.15. The summed E-state index contributed by atoms with van der Waals surface area (Å²) in [6.45, 7) is 2.04. The van der Waals surface area contributed by atoms with Crippen molar-refractivity contribution in [2.45, 2.75) is 24.0 Å². The van der Waals surface area contributed by atoms with Gasteiger partial charge in [-0.1, -0.05) is 11.8 Å². The molecule has 17 heavy (non-hydrogen) atoms. The highest BCUT2D eigenvalue weighted by Crippen LogP contribution is 2.25. The largest absolute Gasteiger partial charge is 0.481 e. The van der Waals surface area contributed by atoms with Crippen LogP contribution in [0.1, 0.15) is 18.9 Å². The Morgan fingerprint density at radius 1 is 1.53 bits per heavy atom. The molecule has 2 heterocycles. The minimum atomic E-state index is -0.854. The predicted molar refractivity (Wildman–Crippen MR) is 61.9 cm³/mol. The van der Waals surface area contributed by atoms with E-state index in [1.807, 2.05) is 0 Å². The first-order chi connectivity index (χ1) is 8.16. The summed E-state index contributed by atoms with van der Waals surface area (Å²) in [5.41, 5.74) is 0. The fourth-order valence-electron chi connectivity index (χ4n) is 1.88. The number of carbonyl (C=O) groups is 1. The van der Waals surface area contributed by atoms with Gasteiger partial charge in [-0.2, -0.15) is 0 Å². The van der Waals surface area contributed by atoms with E-state index in [1.165, 1.54) is 11.8 Å². The molecule has 2 rings (SSSR count). The van der Waals surface area contributed by atoms with E-state index in [9.17, 15) is 4.79 Å². The number of carboxylic acid groups (broad SMARTS) is 1. The van der Waals surface area contributed by atoms with Gasteiger partial charge in [-0.05, 0) is 43.4 Å². The summed E-state index contributed by atoms with van der Waals surface area (Å²) >= 11 is 1.17. The molecule has 1 aromatic rings. The van der Waals surface area contributed by atoms with Gasteiger partial charge >= 0.3 is 5.97 Å². The fraction of sp³-hybridized carbons (Fsp3) is 0.778. The van der Waals surface area contributed by atoms with E-state index in [4.69, 9.17) is 5.11 Å². The molecule has 0 bridgehead atoms. The molecule has 0 aliphatic carbocycles. The number of hydrogen-bond acceptors (Lipinski definition) is 6. The zero-order chi connectivity index (χ0) is 12.3. The maximum absolute atomic E-state index is 10.5. The van der Waals surface area contributed by atoms with Gasteiger partial charge in [0.25, 0.3) is 0 Å². The summed E-state index contributed by atoms with van der Waals surface area (Å²) in [5.74, 6) is -0.861. The third-order valence-corrected chi connectivity index (χ3v) is 3.74. The van der Waals surface area contributed by atoms with Crippen LogP contribution in [0.5, 0.6) is 0 Å². The molecule has 1 saturated heterocycles. The lowest BCUT2D eigenvalue weighted by Crippen LogP contribution is -2.32. The summed E-state index contributed by atoms with van der Waals surface area (Å²) < 4.78 is 1.76. The maximum Gasteiger partial charge on any atom is 0.313 e. The first kappa shape index (κ1) is 12.3. The molecule has 1 aromatic heterocycles. The molecular formula is C9H15N5O2S. The second-order valence-corrected chi connectivity index (χ2v) is 5.07. The normalized spacial score (nSPS) is 18.4. The molecule has 94 valence electrons. The summed E-state index contributed by atoms with van der Waals surface area (Å²) in [6.07, 6.45) is 2.00. The molecule has 0 aromatic carbocycles. The van der Waals surface area contributed by atoms with Gasteiger partial charge in [0.1, 0.15) is 0 Å². The van der Waals surface area contributed by atoms with E-state index in [1.54, 1.807) is 4.68 Å². The van der Waals surface area contributed by atoms with Gasteiger partial charge in [-0.3, -0.25) is 4.79 Å². The highest BCUT2D eigenvalue weighted by atomic mass is 32.2. The maximum atomic E-state index is 10.5. The highest BCUT2D eigenvalue weighted by Gasteiger charge is 2.22. The number of hydrogen-bond donors (Lipinski definition) is 1. The Morgan fingerprint density at radius 2 is 2.24 bits per heavy atom. The number of likely N-dealkylation sites (tertiary alicyclic amines) is 1. The second kappa shape index (κ2) is 5.46. The van der Waals surface area contributed by atoms with Crippen LogP contribution in [0.2, 0.25) is 0 Å². The minimum absolute atomic E-state index is 0.00695. The zero-order valence-corrected chi connectivity index (χ0v) is 10.4. The Morgan fingerprint density at radius 3 is 2.88 bits per heavy atom. The van der Waals surface area contributed by atoms with Crippen LogP contribution in [0.25, 0.3) is 0 Å². The third-order valence-electron chi connectivity index (χ3n) is 2.82. The molecule has 0 unspecified atom stereocenters. The van der Waals surface area contributed by atoms with Gasteiger partial charge in [-0.15, -0.1) is 5.10 Å². The number of rotatable bonds is 4. The van der Waals surface area contributed by atoms with Crippen molar-refractivity contribution in [2.75, 3.05) is 25.9 Å². The third kappa shape index (κ3) is 3.16. The number of nitrogens with zero attached hydrogens (tertiary/aromatic N) is 5. The van der Waals surface area contributed by atoms with Crippen molar-refractivity contribution in [1.29, 1.82) is 0 Å². The molecule has 0 radical (unpaired) electrons. The highest BCUT2D eigenvalue weighted by molar-refractivity contribution is 7.99. The average molecular weight is 257 g/mol. The summed E-state index contributed by atoms with van der Waals surface area (Å²) in [6, 6.07) is 0.289. The Bertz CT molecular complexity index is 388. The smallest absolute Gasteiger partial charge is 0.313 e.